The molecule has 2 aromatic rings. The second-order valence-electron chi connectivity index (χ2n) is 6.12. The van der Waals surface area contributed by atoms with E-state index in [1.807, 2.05) is 0 Å². The van der Waals surface area contributed by atoms with Gasteiger partial charge in [-0.2, -0.15) is 0 Å². The first kappa shape index (κ1) is 16.6. The molecule has 0 aliphatic heterocycles. The van der Waals surface area contributed by atoms with Gasteiger partial charge in [0.05, 0.1) is 11.7 Å². The largest absolute Gasteiger partial charge is 0.338 e. The summed E-state index contributed by atoms with van der Waals surface area (Å²) in [5.74, 6) is 0.0811. The summed E-state index contributed by atoms with van der Waals surface area (Å²) in [6.07, 6.45) is 4.30. The third-order valence-corrected chi connectivity index (χ3v) is 5.35. The van der Waals surface area contributed by atoms with E-state index in [-0.39, 0.29) is 12.1 Å². The van der Waals surface area contributed by atoms with E-state index < -0.39 is 11.9 Å². The number of imide groups is 1. The SMILES string of the molecule is CCNC(=O)NC(=O)Cn1cnc2sc3c(c2c1=O)CCC(C)C3. The standard InChI is InChI=1S/C16H20N4O3S/c1-3-17-16(23)19-12(21)7-20-8-18-14-13(15(20)22)10-5-4-9(2)6-11(10)24-14/h8-9H,3-7H2,1-2H3,(H2,17,19,21,23). The summed E-state index contributed by atoms with van der Waals surface area (Å²) in [6.45, 7) is 4.17. The molecule has 1 aliphatic carbocycles. The molecule has 24 heavy (non-hydrogen) atoms. The van der Waals surface area contributed by atoms with Crippen LogP contribution < -0.4 is 16.2 Å². The van der Waals surface area contributed by atoms with Crippen LogP contribution in [0.1, 0.15) is 30.7 Å². The number of hydrogen-bond donors (Lipinski definition) is 2. The number of carbonyl (C=O) groups is 2. The van der Waals surface area contributed by atoms with E-state index in [0.29, 0.717) is 17.8 Å². The molecule has 0 radical (unpaired) electrons. The molecular formula is C16H20N4O3S. The Balaban J connectivity index is 1.88. The highest BCUT2D eigenvalue weighted by Crippen LogP contribution is 2.35. The molecule has 0 bridgehead atoms. The van der Waals surface area contributed by atoms with Gasteiger partial charge in [0.1, 0.15) is 11.4 Å². The lowest BCUT2D eigenvalue weighted by atomic mass is 9.89. The first-order valence-electron chi connectivity index (χ1n) is 8.07. The van der Waals surface area contributed by atoms with Crippen LogP contribution in [0.15, 0.2) is 11.1 Å². The molecule has 0 aromatic carbocycles. The van der Waals surface area contributed by atoms with Crippen molar-refractivity contribution in [2.75, 3.05) is 6.54 Å². The van der Waals surface area contributed by atoms with Crippen molar-refractivity contribution in [3.63, 3.8) is 0 Å². The van der Waals surface area contributed by atoms with Gasteiger partial charge in [0, 0.05) is 11.4 Å². The number of fused-ring (bicyclic) bond motifs is 3. The van der Waals surface area contributed by atoms with E-state index in [1.165, 1.54) is 15.8 Å². The summed E-state index contributed by atoms with van der Waals surface area (Å²) in [7, 11) is 0. The van der Waals surface area contributed by atoms with Gasteiger partial charge in [-0.15, -0.1) is 11.3 Å². The van der Waals surface area contributed by atoms with Crippen LogP contribution in [0.3, 0.4) is 0 Å². The Morgan fingerprint density at radius 3 is 3.00 bits per heavy atom. The van der Waals surface area contributed by atoms with Gasteiger partial charge < -0.3 is 5.32 Å². The number of carbonyl (C=O) groups excluding carboxylic acids is 2. The van der Waals surface area contributed by atoms with Crippen molar-refractivity contribution in [1.29, 1.82) is 0 Å². The zero-order valence-electron chi connectivity index (χ0n) is 13.7. The normalized spacial score (nSPS) is 16.7. The van der Waals surface area contributed by atoms with Crippen LogP contribution in [0, 0.1) is 5.92 Å². The number of rotatable bonds is 3. The summed E-state index contributed by atoms with van der Waals surface area (Å²) >= 11 is 1.57. The molecule has 0 fully saturated rings. The van der Waals surface area contributed by atoms with Gasteiger partial charge >= 0.3 is 6.03 Å². The Morgan fingerprint density at radius 1 is 1.46 bits per heavy atom. The Labute approximate surface area is 143 Å². The van der Waals surface area contributed by atoms with Gasteiger partial charge in [-0.25, -0.2) is 9.78 Å². The van der Waals surface area contributed by atoms with Crippen LogP contribution in [0.2, 0.25) is 0 Å². The summed E-state index contributed by atoms with van der Waals surface area (Å²) < 4.78 is 1.27. The summed E-state index contributed by atoms with van der Waals surface area (Å²) in [5.41, 5.74) is 0.877. The molecule has 0 saturated carbocycles. The number of aryl methyl sites for hydroxylation is 1. The lowest BCUT2D eigenvalue weighted by Crippen LogP contribution is -2.42. The second kappa shape index (κ2) is 6.72. The van der Waals surface area contributed by atoms with Crippen LogP contribution in [-0.4, -0.2) is 28.0 Å². The second-order valence-corrected chi connectivity index (χ2v) is 7.20. The fourth-order valence-electron chi connectivity index (χ4n) is 3.00. The molecule has 0 saturated heterocycles. The quantitative estimate of drug-likeness (QED) is 0.877. The minimum Gasteiger partial charge on any atom is -0.338 e. The molecule has 2 N–H and O–H groups in total. The predicted molar refractivity (Wildman–Crippen MR) is 92.3 cm³/mol. The number of hydrogen-bond acceptors (Lipinski definition) is 5. The van der Waals surface area contributed by atoms with E-state index in [1.54, 1.807) is 18.3 Å². The zero-order valence-corrected chi connectivity index (χ0v) is 14.5. The highest BCUT2D eigenvalue weighted by atomic mass is 32.1. The minimum absolute atomic E-state index is 0.210. The van der Waals surface area contributed by atoms with Crippen molar-refractivity contribution in [3.05, 3.63) is 27.1 Å². The fourth-order valence-corrected chi connectivity index (χ4v) is 4.35. The highest BCUT2D eigenvalue weighted by Gasteiger charge is 2.23. The fraction of sp³-hybridized carbons (Fsp3) is 0.500. The van der Waals surface area contributed by atoms with Gasteiger partial charge in [-0.05, 0) is 37.7 Å². The van der Waals surface area contributed by atoms with Gasteiger partial charge in [0.15, 0.2) is 0 Å². The lowest BCUT2D eigenvalue weighted by molar-refractivity contribution is -0.120. The summed E-state index contributed by atoms with van der Waals surface area (Å²) in [4.78, 5) is 42.3. The third kappa shape index (κ3) is 3.19. The van der Waals surface area contributed by atoms with Crippen molar-refractivity contribution in [2.24, 2.45) is 5.92 Å². The summed E-state index contributed by atoms with van der Waals surface area (Å²) in [5, 5.41) is 5.30. The molecule has 2 heterocycles. The molecule has 8 heteroatoms. The van der Waals surface area contributed by atoms with Gasteiger partial charge in [0.2, 0.25) is 5.91 Å². The molecule has 2 aromatic heterocycles. The van der Waals surface area contributed by atoms with E-state index in [4.69, 9.17) is 0 Å². The molecule has 128 valence electrons. The molecule has 1 unspecified atom stereocenters. The maximum absolute atomic E-state index is 12.7. The van der Waals surface area contributed by atoms with E-state index in [2.05, 4.69) is 22.5 Å². The molecule has 1 atom stereocenters. The third-order valence-electron chi connectivity index (χ3n) is 4.19. The maximum Gasteiger partial charge on any atom is 0.321 e. The Kier molecular flexibility index (Phi) is 4.66. The Bertz CT molecular complexity index is 855. The number of thiophene rings is 1. The van der Waals surface area contributed by atoms with Gasteiger partial charge in [0.25, 0.3) is 5.56 Å². The van der Waals surface area contributed by atoms with Gasteiger partial charge in [-0.1, -0.05) is 6.92 Å². The van der Waals surface area contributed by atoms with Crippen molar-refractivity contribution in [1.82, 2.24) is 20.2 Å². The number of amides is 3. The van der Waals surface area contributed by atoms with Crippen molar-refractivity contribution < 1.29 is 9.59 Å². The van der Waals surface area contributed by atoms with Crippen LogP contribution in [0.25, 0.3) is 10.2 Å². The average Bonchev–Trinajstić information content (AvgIpc) is 2.88. The topological polar surface area (TPSA) is 93.1 Å². The van der Waals surface area contributed by atoms with E-state index >= 15 is 0 Å². The number of urea groups is 1. The maximum atomic E-state index is 12.7. The molecule has 7 nitrogen and oxygen atoms in total. The van der Waals surface area contributed by atoms with E-state index in [0.717, 1.165) is 29.7 Å². The number of nitrogens with one attached hydrogen (secondary N) is 2. The zero-order chi connectivity index (χ0) is 17.3. The van der Waals surface area contributed by atoms with Crippen LogP contribution in [0.4, 0.5) is 4.79 Å². The van der Waals surface area contributed by atoms with Crippen molar-refractivity contribution >= 4 is 33.5 Å². The first-order chi connectivity index (χ1) is 11.5. The van der Waals surface area contributed by atoms with Gasteiger partial charge in [-0.3, -0.25) is 19.5 Å². The monoisotopic (exact) mass is 348 g/mol. The molecule has 1 aliphatic rings. The van der Waals surface area contributed by atoms with E-state index in [9.17, 15) is 14.4 Å². The molecule has 0 spiro atoms. The molecular weight excluding hydrogens is 328 g/mol. The minimum atomic E-state index is -0.563. The van der Waals surface area contributed by atoms with Crippen LogP contribution in [-0.2, 0) is 24.2 Å². The highest BCUT2D eigenvalue weighted by molar-refractivity contribution is 7.18. The predicted octanol–water partition coefficient (Wildman–Crippen LogP) is 1.43. The number of nitrogens with zero attached hydrogens (tertiary/aromatic N) is 2. The number of aromatic nitrogens is 2. The van der Waals surface area contributed by atoms with Crippen molar-refractivity contribution in [2.45, 2.75) is 39.7 Å². The Morgan fingerprint density at radius 2 is 2.25 bits per heavy atom. The molecule has 3 amide bonds. The molecule has 3 rings (SSSR count). The lowest BCUT2D eigenvalue weighted by Gasteiger charge is -2.17. The van der Waals surface area contributed by atoms with Crippen LogP contribution in [0.5, 0.6) is 0 Å². The first-order valence-corrected chi connectivity index (χ1v) is 8.88. The average molecular weight is 348 g/mol. The van der Waals surface area contributed by atoms with Crippen LogP contribution >= 0.6 is 11.3 Å². The van der Waals surface area contributed by atoms with Crippen molar-refractivity contribution in [3.8, 4) is 0 Å². The Hall–Kier alpha value is -2.22. The smallest absolute Gasteiger partial charge is 0.321 e. The summed E-state index contributed by atoms with van der Waals surface area (Å²) in [6, 6.07) is -0.563.